The number of aromatic nitrogens is 2. The van der Waals surface area contributed by atoms with Crippen LogP contribution in [-0.4, -0.2) is 48.6 Å². The highest BCUT2D eigenvalue weighted by Gasteiger charge is 2.07. The van der Waals surface area contributed by atoms with E-state index in [1.165, 1.54) is 5.56 Å². The van der Waals surface area contributed by atoms with Crippen LogP contribution in [0.3, 0.4) is 0 Å². The predicted octanol–water partition coefficient (Wildman–Crippen LogP) is 4.16. The van der Waals surface area contributed by atoms with Crippen molar-refractivity contribution in [1.29, 1.82) is 0 Å². The van der Waals surface area contributed by atoms with Crippen molar-refractivity contribution in [1.82, 2.24) is 14.9 Å². The molecule has 1 heterocycles. The van der Waals surface area contributed by atoms with Crippen LogP contribution >= 0.6 is 0 Å². The third kappa shape index (κ3) is 6.35. The minimum absolute atomic E-state index is 0.661. The molecule has 0 unspecified atom stereocenters. The summed E-state index contributed by atoms with van der Waals surface area (Å²) >= 11 is 0. The molecule has 5 nitrogen and oxygen atoms in total. The number of hydrogen-bond donors (Lipinski definition) is 2. The molecule has 3 rings (SSSR count). The number of anilines is 2. The highest BCUT2D eigenvalue weighted by atomic mass is 15.2. The van der Waals surface area contributed by atoms with E-state index in [0.29, 0.717) is 5.95 Å². The molecule has 0 bridgehead atoms. The van der Waals surface area contributed by atoms with Crippen molar-refractivity contribution >= 4 is 11.8 Å². The number of nitrogens with zero attached hydrogens (tertiary/aromatic N) is 3. The van der Waals surface area contributed by atoms with Crippen LogP contribution in [0.25, 0.3) is 11.3 Å². The second-order valence-electron chi connectivity index (χ2n) is 7.07. The fourth-order valence-electron chi connectivity index (χ4n) is 2.92. The van der Waals surface area contributed by atoms with E-state index in [2.05, 4.69) is 77.1 Å². The fraction of sp³-hybridized carbons (Fsp3) is 0.304. The molecule has 0 amide bonds. The molecule has 146 valence electrons. The maximum Gasteiger partial charge on any atom is 0.225 e. The van der Waals surface area contributed by atoms with Crippen molar-refractivity contribution < 1.29 is 0 Å². The van der Waals surface area contributed by atoms with Gasteiger partial charge in [-0.1, -0.05) is 60.7 Å². The van der Waals surface area contributed by atoms with Crippen molar-refractivity contribution in [3.8, 4) is 11.3 Å². The van der Waals surface area contributed by atoms with Crippen LogP contribution in [0.2, 0.25) is 0 Å². The second kappa shape index (κ2) is 10.4. The van der Waals surface area contributed by atoms with Crippen molar-refractivity contribution in [2.24, 2.45) is 0 Å². The number of aryl methyl sites for hydroxylation is 1. The Balaban J connectivity index is 1.66. The maximum absolute atomic E-state index is 4.70. The Hall–Kier alpha value is -2.92. The Morgan fingerprint density at radius 1 is 0.821 bits per heavy atom. The smallest absolute Gasteiger partial charge is 0.225 e. The van der Waals surface area contributed by atoms with E-state index >= 15 is 0 Å². The average molecular weight is 376 g/mol. The van der Waals surface area contributed by atoms with E-state index in [9.17, 15) is 0 Å². The Morgan fingerprint density at radius 3 is 2.25 bits per heavy atom. The summed E-state index contributed by atoms with van der Waals surface area (Å²) in [4.78, 5) is 11.5. The van der Waals surface area contributed by atoms with Gasteiger partial charge in [-0.2, -0.15) is 4.98 Å². The van der Waals surface area contributed by atoms with Gasteiger partial charge < -0.3 is 15.5 Å². The van der Waals surface area contributed by atoms with Crippen LogP contribution in [0.15, 0.2) is 66.7 Å². The van der Waals surface area contributed by atoms with Gasteiger partial charge >= 0.3 is 0 Å². The molecule has 2 aromatic carbocycles. The van der Waals surface area contributed by atoms with Gasteiger partial charge in [-0.15, -0.1) is 0 Å². The van der Waals surface area contributed by atoms with Gasteiger partial charge in [0.2, 0.25) is 5.95 Å². The summed E-state index contributed by atoms with van der Waals surface area (Å²) in [6.07, 6.45) is 2.11. The van der Waals surface area contributed by atoms with E-state index in [4.69, 9.17) is 4.98 Å². The second-order valence-corrected chi connectivity index (χ2v) is 7.07. The Kier molecular flexibility index (Phi) is 7.38. The topological polar surface area (TPSA) is 53.1 Å². The third-order valence-electron chi connectivity index (χ3n) is 4.43. The molecule has 0 aliphatic rings. The minimum atomic E-state index is 0.661. The van der Waals surface area contributed by atoms with Crippen molar-refractivity contribution in [2.75, 3.05) is 44.4 Å². The number of rotatable bonds is 10. The first-order valence-corrected chi connectivity index (χ1v) is 9.81. The Morgan fingerprint density at radius 2 is 1.54 bits per heavy atom. The number of benzene rings is 2. The molecular weight excluding hydrogens is 346 g/mol. The van der Waals surface area contributed by atoms with Crippen molar-refractivity contribution in [2.45, 2.75) is 12.8 Å². The van der Waals surface area contributed by atoms with E-state index in [1.807, 2.05) is 24.3 Å². The zero-order valence-electron chi connectivity index (χ0n) is 16.7. The molecule has 0 radical (unpaired) electrons. The van der Waals surface area contributed by atoms with E-state index in [1.54, 1.807) is 0 Å². The van der Waals surface area contributed by atoms with Crippen LogP contribution in [0.5, 0.6) is 0 Å². The van der Waals surface area contributed by atoms with Crippen LogP contribution in [0, 0.1) is 0 Å². The first-order valence-electron chi connectivity index (χ1n) is 9.81. The third-order valence-corrected chi connectivity index (χ3v) is 4.43. The van der Waals surface area contributed by atoms with Gasteiger partial charge in [0.05, 0.1) is 5.69 Å². The summed E-state index contributed by atoms with van der Waals surface area (Å²) in [7, 11) is 4.12. The first-order chi connectivity index (χ1) is 13.7. The lowest BCUT2D eigenvalue weighted by molar-refractivity contribution is 0.425. The van der Waals surface area contributed by atoms with Crippen LogP contribution < -0.4 is 10.6 Å². The summed E-state index contributed by atoms with van der Waals surface area (Å²) in [5.74, 6) is 1.52. The largest absolute Gasteiger partial charge is 0.370 e. The molecule has 0 aliphatic carbocycles. The molecule has 0 saturated carbocycles. The molecule has 0 spiro atoms. The van der Waals surface area contributed by atoms with Gasteiger partial charge in [0.1, 0.15) is 5.82 Å². The van der Waals surface area contributed by atoms with Gasteiger partial charge in [0, 0.05) is 31.3 Å². The zero-order valence-corrected chi connectivity index (χ0v) is 16.7. The molecule has 0 fully saturated rings. The first kappa shape index (κ1) is 19.8. The van der Waals surface area contributed by atoms with Crippen molar-refractivity contribution in [3.05, 3.63) is 72.3 Å². The van der Waals surface area contributed by atoms with Gasteiger partial charge in [0.25, 0.3) is 0 Å². The summed E-state index contributed by atoms with van der Waals surface area (Å²) in [5.41, 5.74) is 3.38. The molecule has 5 heteroatoms. The lowest BCUT2D eigenvalue weighted by Crippen LogP contribution is -2.21. The van der Waals surface area contributed by atoms with Gasteiger partial charge in [0.15, 0.2) is 0 Å². The molecule has 0 saturated heterocycles. The predicted molar refractivity (Wildman–Crippen MR) is 118 cm³/mol. The molecule has 1 aromatic heterocycles. The van der Waals surface area contributed by atoms with Gasteiger partial charge in [-0.3, -0.25) is 0 Å². The zero-order chi connectivity index (χ0) is 19.6. The summed E-state index contributed by atoms with van der Waals surface area (Å²) in [5, 5.41) is 6.80. The van der Waals surface area contributed by atoms with Crippen LogP contribution in [-0.2, 0) is 6.42 Å². The lowest BCUT2D eigenvalue weighted by Gasteiger charge is -2.13. The highest BCUT2D eigenvalue weighted by Crippen LogP contribution is 2.21. The molecule has 3 aromatic rings. The Bertz CT molecular complexity index is 834. The minimum Gasteiger partial charge on any atom is -0.370 e. The van der Waals surface area contributed by atoms with Crippen LogP contribution in [0.4, 0.5) is 11.8 Å². The molecule has 2 N–H and O–H groups in total. The average Bonchev–Trinajstić information content (AvgIpc) is 2.72. The number of likely N-dealkylation sites (N-methyl/N-ethyl adjacent to an activating group) is 1. The van der Waals surface area contributed by atoms with Gasteiger partial charge in [-0.05, 0) is 32.5 Å². The molecular formula is C23H29N5. The normalized spacial score (nSPS) is 10.8. The van der Waals surface area contributed by atoms with Crippen LogP contribution in [0.1, 0.15) is 12.0 Å². The fourth-order valence-corrected chi connectivity index (χ4v) is 2.92. The summed E-state index contributed by atoms with van der Waals surface area (Å²) < 4.78 is 0. The number of nitrogens with one attached hydrogen (secondary N) is 2. The summed E-state index contributed by atoms with van der Waals surface area (Å²) in [6, 6.07) is 22.8. The van der Waals surface area contributed by atoms with Gasteiger partial charge in [-0.25, -0.2) is 4.98 Å². The summed E-state index contributed by atoms with van der Waals surface area (Å²) in [6.45, 7) is 2.61. The van der Waals surface area contributed by atoms with Crippen molar-refractivity contribution in [3.63, 3.8) is 0 Å². The van der Waals surface area contributed by atoms with E-state index < -0.39 is 0 Å². The molecule has 0 aliphatic heterocycles. The monoisotopic (exact) mass is 375 g/mol. The highest BCUT2D eigenvalue weighted by molar-refractivity contribution is 5.64. The molecule has 0 atom stereocenters. The van der Waals surface area contributed by atoms with E-state index in [0.717, 1.165) is 49.6 Å². The maximum atomic E-state index is 4.70. The van der Waals surface area contributed by atoms with E-state index in [-0.39, 0.29) is 0 Å². The lowest BCUT2D eigenvalue weighted by atomic mass is 10.1. The standard InChI is InChI=1S/C23H29N5/c1-28(2)17-16-25-23-26-21(20-13-7-4-8-14-20)18-22(27-23)24-15-9-12-19-10-5-3-6-11-19/h3-8,10-11,13-14,18H,9,12,15-17H2,1-2H3,(H2,24,25,26,27). The number of hydrogen-bond acceptors (Lipinski definition) is 5. The SMILES string of the molecule is CN(C)CCNc1nc(NCCCc2ccccc2)cc(-c2ccccc2)n1. The molecule has 28 heavy (non-hydrogen) atoms. The Labute approximate surface area is 167 Å². The quantitative estimate of drug-likeness (QED) is 0.521.